The number of rotatable bonds is 3. The molecular weight excluding hydrogens is 461 g/mol. The van der Waals surface area contributed by atoms with Gasteiger partial charge >= 0.3 is 51.4 Å². The van der Waals surface area contributed by atoms with E-state index in [0.717, 1.165) is 12.1 Å². The van der Waals surface area contributed by atoms with Gasteiger partial charge in [0.1, 0.15) is 5.82 Å². The SMILES string of the molecule is O=C(c1ccc(Cl)cc1Cl)N1CC/C(=N/OS(=O)(=O)[O-])c2ccc(F)cc21.[K+]. The maximum atomic E-state index is 13.8. The summed E-state index contributed by atoms with van der Waals surface area (Å²) in [4.78, 5) is 14.2. The van der Waals surface area contributed by atoms with Crippen LogP contribution in [0.4, 0.5) is 10.1 Å². The summed E-state index contributed by atoms with van der Waals surface area (Å²) < 4.78 is 49.6. The molecule has 0 saturated heterocycles. The van der Waals surface area contributed by atoms with Crippen molar-refractivity contribution in [3.05, 3.63) is 63.4 Å². The molecule has 0 spiro atoms. The average molecular weight is 471 g/mol. The normalized spacial score (nSPS) is 15.0. The number of oxime groups is 1. The van der Waals surface area contributed by atoms with E-state index < -0.39 is 22.1 Å². The van der Waals surface area contributed by atoms with Crippen molar-refractivity contribution in [2.75, 3.05) is 11.4 Å². The number of carbonyl (C=O) groups is 1. The zero-order chi connectivity index (χ0) is 19.8. The first-order chi connectivity index (χ1) is 12.7. The fraction of sp³-hybridized carbons (Fsp3) is 0.125. The van der Waals surface area contributed by atoms with Crippen LogP contribution >= 0.6 is 23.2 Å². The largest absolute Gasteiger partial charge is 1.00 e. The van der Waals surface area contributed by atoms with Crippen molar-refractivity contribution in [1.29, 1.82) is 0 Å². The molecule has 1 amide bonds. The van der Waals surface area contributed by atoms with E-state index in [9.17, 15) is 22.2 Å². The number of halogens is 3. The maximum Gasteiger partial charge on any atom is 1.00 e. The van der Waals surface area contributed by atoms with Crippen LogP contribution in [0.1, 0.15) is 22.3 Å². The zero-order valence-corrected chi connectivity index (χ0v) is 19.8. The van der Waals surface area contributed by atoms with Gasteiger partial charge in [0.05, 0.1) is 22.0 Å². The molecule has 7 nitrogen and oxygen atoms in total. The summed E-state index contributed by atoms with van der Waals surface area (Å²) in [6.07, 6.45) is 0.0745. The molecule has 12 heteroatoms. The van der Waals surface area contributed by atoms with E-state index in [1.807, 2.05) is 0 Å². The van der Waals surface area contributed by atoms with E-state index >= 15 is 0 Å². The molecule has 0 fully saturated rings. The second-order valence-corrected chi connectivity index (χ2v) is 7.32. The Balaban J connectivity index is 0.00000280. The Kier molecular flexibility index (Phi) is 8.04. The summed E-state index contributed by atoms with van der Waals surface area (Å²) in [7, 11) is -5.04. The van der Waals surface area contributed by atoms with E-state index in [1.165, 1.54) is 29.2 Å². The van der Waals surface area contributed by atoms with Gasteiger partial charge in [-0.2, -0.15) is 8.42 Å². The standard InChI is InChI=1S/C16H11Cl2FN2O5S.K/c17-9-1-3-11(13(18)7-9)16(22)21-6-5-14(20-26-27(23,24)25)12-4-2-10(19)8-15(12)21;/h1-4,7-8H,5-6H2,(H,23,24,25);/q;+1/p-1/b20-14-;. The Hall–Kier alpha value is -0.564. The zero-order valence-electron chi connectivity index (χ0n) is 14.4. The van der Waals surface area contributed by atoms with E-state index in [2.05, 4.69) is 9.44 Å². The summed E-state index contributed by atoms with van der Waals surface area (Å²) in [6.45, 7) is 0.0370. The first kappa shape index (κ1) is 23.7. The van der Waals surface area contributed by atoms with E-state index in [1.54, 1.807) is 0 Å². The molecule has 0 aliphatic carbocycles. The summed E-state index contributed by atoms with van der Waals surface area (Å²) in [5.74, 6) is -1.12. The number of carbonyl (C=O) groups excluding carboxylic acids is 1. The van der Waals surface area contributed by atoms with Crippen LogP contribution < -0.4 is 56.3 Å². The molecule has 142 valence electrons. The van der Waals surface area contributed by atoms with Crippen molar-refractivity contribution in [2.24, 2.45) is 5.16 Å². The third-order valence-corrected chi connectivity index (χ3v) is 4.58. The van der Waals surface area contributed by atoms with Crippen LogP contribution in [0.25, 0.3) is 0 Å². The van der Waals surface area contributed by atoms with Crippen molar-refractivity contribution < 1.29 is 77.8 Å². The van der Waals surface area contributed by atoms with Crippen LogP contribution in [0.2, 0.25) is 10.0 Å². The molecule has 0 N–H and O–H groups in total. The van der Waals surface area contributed by atoms with Crippen LogP contribution in [-0.4, -0.2) is 31.1 Å². The van der Waals surface area contributed by atoms with Gasteiger partial charge in [0.25, 0.3) is 16.3 Å². The molecule has 0 unspecified atom stereocenters. The van der Waals surface area contributed by atoms with E-state index in [4.69, 9.17) is 23.2 Å². The fourth-order valence-corrected chi connectivity index (χ4v) is 3.32. The van der Waals surface area contributed by atoms with Crippen LogP contribution in [0.5, 0.6) is 0 Å². The van der Waals surface area contributed by atoms with Crippen molar-refractivity contribution in [1.82, 2.24) is 0 Å². The third-order valence-electron chi connectivity index (χ3n) is 3.78. The van der Waals surface area contributed by atoms with Crippen molar-refractivity contribution in [3.63, 3.8) is 0 Å². The summed E-state index contributed by atoms with van der Waals surface area (Å²) in [5, 5.41) is 3.82. The van der Waals surface area contributed by atoms with Gasteiger partial charge in [-0.05, 0) is 36.4 Å². The molecule has 2 aromatic carbocycles. The number of anilines is 1. The molecule has 3 rings (SSSR count). The van der Waals surface area contributed by atoms with Crippen LogP contribution in [-0.2, 0) is 14.7 Å². The Morgan fingerprint density at radius 3 is 2.57 bits per heavy atom. The van der Waals surface area contributed by atoms with Crippen molar-refractivity contribution in [2.45, 2.75) is 6.42 Å². The van der Waals surface area contributed by atoms with Gasteiger partial charge in [0, 0.05) is 23.6 Å². The molecule has 1 aliphatic rings. The van der Waals surface area contributed by atoms with E-state index in [0.29, 0.717) is 5.02 Å². The van der Waals surface area contributed by atoms with Gasteiger partial charge in [0.15, 0.2) is 0 Å². The minimum Gasteiger partial charge on any atom is -0.714 e. The second-order valence-electron chi connectivity index (χ2n) is 5.51. The molecule has 28 heavy (non-hydrogen) atoms. The van der Waals surface area contributed by atoms with Crippen molar-refractivity contribution in [3.8, 4) is 0 Å². The van der Waals surface area contributed by atoms with Crippen molar-refractivity contribution >= 4 is 50.9 Å². The Labute approximate surface area is 212 Å². The van der Waals surface area contributed by atoms with E-state index in [-0.39, 0.29) is 91.9 Å². The third kappa shape index (κ3) is 5.52. The fourth-order valence-electron chi connectivity index (χ4n) is 2.65. The van der Waals surface area contributed by atoms with Crippen LogP contribution in [0.3, 0.4) is 0 Å². The number of amides is 1. The van der Waals surface area contributed by atoms with Gasteiger partial charge in [-0.15, -0.1) is 0 Å². The minimum absolute atomic E-state index is 0. The number of fused-ring (bicyclic) bond motifs is 1. The number of hydrogen-bond donors (Lipinski definition) is 0. The molecule has 0 saturated carbocycles. The quantitative estimate of drug-likeness (QED) is 0.279. The predicted octanol–water partition coefficient (Wildman–Crippen LogP) is 0.368. The summed E-state index contributed by atoms with van der Waals surface area (Å²) >= 11 is 11.9. The Morgan fingerprint density at radius 1 is 1.21 bits per heavy atom. The summed E-state index contributed by atoms with van der Waals surface area (Å²) in [5.41, 5.74) is 0.651. The Bertz CT molecular complexity index is 1060. The Morgan fingerprint density at radius 2 is 1.93 bits per heavy atom. The predicted molar refractivity (Wildman–Crippen MR) is 96.5 cm³/mol. The maximum absolute atomic E-state index is 13.8. The summed E-state index contributed by atoms with van der Waals surface area (Å²) in [6, 6.07) is 7.88. The second kappa shape index (κ2) is 9.50. The smallest absolute Gasteiger partial charge is 0.714 e. The molecule has 0 atom stereocenters. The number of hydrogen-bond acceptors (Lipinski definition) is 6. The average Bonchev–Trinajstić information content (AvgIpc) is 2.58. The van der Waals surface area contributed by atoms with Gasteiger partial charge in [0.2, 0.25) is 0 Å². The molecule has 0 bridgehead atoms. The first-order valence-electron chi connectivity index (χ1n) is 7.44. The molecular formula is C16H10Cl2FKN2O5S. The first-order valence-corrected chi connectivity index (χ1v) is 9.53. The number of nitrogens with zero attached hydrogens (tertiary/aromatic N) is 2. The topological polar surface area (TPSA) is 99.1 Å². The molecule has 0 aromatic heterocycles. The molecule has 0 radical (unpaired) electrons. The molecule has 2 aromatic rings. The van der Waals surface area contributed by atoms with Crippen LogP contribution in [0.15, 0.2) is 41.6 Å². The van der Waals surface area contributed by atoms with Gasteiger partial charge in [-0.3, -0.25) is 9.08 Å². The van der Waals surface area contributed by atoms with Crippen LogP contribution in [0, 0.1) is 5.82 Å². The monoisotopic (exact) mass is 470 g/mol. The minimum atomic E-state index is -5.04. The molecule has 1 aliphatic heterocycles. The van der Waals surface area contributed by atoms with Gasteiger partial charge < -0.3 is 9.45 Å². The van der Waals surface area contributed by atoms with Gasteiger partial charge in [-0.25, -0.2) is 4.39 Å². The van der Waals surface area contributed by atoms with Gasteiger partial charge in [-0.1, -0.05) is 28.4 Å². The molecule has 1 heterocycles. The number of benzene rings is 2.